The second-order valence-electron chi connectivity index (χ2n) is 8.58. The van der Waals surface area contributed by atoms with E-state index < -0.39 is 64.8 Å². The zero-order chi connectivity index (χ0) is 21.8. The van der Waals surface area contributed by atoms with Gasteiger partial charge in [-0.1, -0.05) is 19.1 Å². The van der Waals surface area contributed by atoms with E-state index in [0.29, 0.717) is 11.3 Å². The predicted molar refractivity (Wildman–Crippen MR) is 99.1 cm³/mol. The highest BCUT2D eigenvalue weighted by molar-refractivity contribution is 6.11. The van der Waals surface area contributed by atoms with Crippen LogP contribution in [0, 0.1) is 5.92 Å². The van der Waals surface area contributed by atoms with Gasteiger partial charge in [-0.25, -0.2) is 0 Å². The molecule has 5 rings (SSSR count). The SMILES string of the molecule is COc1cccc2c1[C@H](OC)[C@]13O[C@@]1(C2=O)[C@H](O)[C@H](C)[C@](O)(C(=O)[C@@H]1O[C@H]1C)[C@@H]3O. The highest BCUT2D eigenvalue weighted by Crippen LogP contribution is 2.71. The molecule has 9 atom stereocenters. The van der Waals surface area contributed by atoms with Crippen LogP contribution < -0.4 is 4.74 Å². The lowest BCUT2D eigenvalue weighted by Gasteiger charge is -2.50. The summed E-state index contributed by atoms with van der Waals surface area (Å²) in [5, 5.41) is 34.1. The highest BCUT2D eigenvalue weighted by atomic mass is 16.7. The lowest BCUT2D eigenvalue weighted by Crippen LogP contribution is -2.74. The van der Waals surface area contributed by atoms with Gasteiger partial charge in [0.25, 0.3) is 0 Å². The van der Waals surface area contributed by atoms with Crippen molar-refractivity contribution < 1.29 is 43.9 Å². The molecule has 0 spiro atoms. The number of methoxy groups -OCH3 is 2. The summed E-state index contributed by atoms with van der Waals surface area (Å²) in [6.45, 7) is 3.08. The lowest BCUT2D eigenvalue weighted by molar-refractivity contribution is -0.200. The number of carbonyl (C=O) groups is 2. The fourth-order valence-corrected chi connectivity index (χ4v) is 5.66. The second kappa shape index (κ2) is 5.87. The molecular weight excluding hydrogens is 396 g/mol. The minimum Gasteiger partial charge on any atom is -0.496 e. The van der Waals surface area contributed by atoms with Crippen LogP contribution in [-0.4, -0.2) is 82.3 Å². The molecule has 30 heavy (non-hydrogen) atoms. The summed E-state index contributed by atoms with van der Waals surface area (Å²) in [4.78, 5) is 26.6. The largest absolute Gasteiger partial charge is 0.496 e. The molecule has 0 unspecified atom stereocenters. The topological polar surface area (TPSA) is 138 Å². The Kier molecular flexibility index (Phi) is 3.93. The first kappa shape index (κ1) is 20.0. The molecule has 0 bridgehead atoms. The van der Waals surface area contributed by atoms with Crippen molar-refractivity contribution >= 4 is 11.6 Å². The Morgan fingerprint density at radius 1 is 1.20 bits per heavy atom. The predicted octanol–water partition coefficient (Wildman–Crippen LogP) is -0.454. The molecule has 9 heteroatoms. The number of Topliss-reactive ketones (excluding diaryl/α,β-unsaturated/α-hetero) is 2. The van der Waals surface area contributed by atoms with E-state index in [1.807, 2.05) is 0 Å². The number of ether oxygens (including phenoxy) is 4. The van der Waals surface area contributed by atoms with Crippen molar-refractivity contribution in [2.45, 2.75) is 61.2 Å². The number of aliphatic hydroxyl groups excluding tert-OH is 2. The van der Waals surface area contributed by atoms with Gasteiger partial charge in [0.2, 0.25) is 5.78 Å². The molecule has 4 aliphatic rings. The fourth-order valence-electron chi connectivity index (χ4n) is 5.66. The van der Waals surface area contributed by atoms with E-state index in [1.165, 1.54) is 21.1 Å². The van der Waals surface area contributed by atoms with Crippen molar-refractivity contribution in [1.29, 1.82) is 0 Å². The monoisotopic (exact) mass is 420 g/mol. The van der Waals surface area contributed by atoms with Gasteiger partial charge in [0, 0.05) is 24.2 Å². The quantitative estimate of drug-likeness (QED) is 0.553. The first-order chi connectivity index (χ1) is 14.1. The van der Waals surface area contributed by atoms with Crippen LogP contribution in [0.5, 0.6) is 5.75 Å². The smallest absolute Gasteiger partial charge is 0.201 e. The molecule has 2 saturated heterocycles. The van der Waals surface area contributed by atoms with Crippen LogP contribution in [0.4, 0.5) is 0 Å². The van der Waals surface area contributed by atoms with Gasteiger partial charge in [-0.05, 0) is 13.0 Å². The van der Waals surface area contributed by atoms with Gasteiger partial charge in [0.05, 0.1) is 19.3 Å². The minimum atomic E-state index is -2.40. The Labute approximate surface area is 172 Å². The molecule has 1 saturated carbocycles. The Balaban J connectivity index is 1.72. The standard InChI is InChI=1S/C21H24O9/c1-8-14(22)20-15(23)10-6-5-7-11(27-3)12(10)17(28-4)21(20,30-20)18(25)19(8,26)16(24)13-9(2)29-13/h5-9,13-14,17-18,22,25-26H,1-4H3/t8-,9-,13+,14+,17-,18-,19-,20+,21+/m0/s1. The molecule has 3 fully saturated rings. The maximum atomic E-state index is 13.5. The third-order valence-electron chi connectivity index (χ3n) is 7.40. The average Bonchev–Trinajstić information content (AvgIpc) is 3.65. The molecule has 2 aliphatic heterocycles. The number of hydrogen-bond donors (Lipinski definition) is 3. The van der Waals surface area contributed by atoms with E-state index in [-0.39, 0.29) is 5.56 Å². The number of benzene rings is 1. The summed E-state index contributed by atoms with van der Waals surface area (Å²) in [6, 6.07) is 4.84. The minimum absolute atomic E-state index is 0.240. The third-order valence-corrected chi connectivity index (χ3v) is 7.40. The maximum Gasteiger partial charge on any atom is 0.201 e. The van der Waals surface area contributed by atoms with Crippen LogP contribution in [0.2, 0.25) is 0 Å². The van der Waals surface area contributed by atoms with Crippen LogP contribution in [-0.2, 0) is 19.0 Å². The van der Waals surface area contributed by atoms with Crippen LogP contribution in [0.25, 0.3) is 0 Å². The zero-order valence-corrected chi connectivity index (χ0v) is 17.0. The summed E-state index contributed by atoms with van der Waals surface area (Å²) < 4.78 is 22.2. The molecule has 9 nitrogen and oxygen atoms in total. The molecular formula is C21H24O9. The number of aliphatic hydroxyl groups is 3. The molecule has 1 aromatic carbocycles. The van der Waals surface area contributed by atoms with E-state index in [2.05, 4.69) is 0 Å². The van der Waals surface area contributed by atoms with Gasteiger partial charge in [-0.2, -0.15) is 0 Å². The molecule has 2 aliphatic carbocycles. The third kappa shape index (κ3) is 1.90. The van der Waals surface area contributed by atoms with E-state index in [9.17, 15) is 24.9 Å². The normalized spacial score (nSPS) is 48.3. The molecule has 2 heterocycles. The fraction of sp³-hybridized carbons (Fsp3) is 0.619. The Morgan fingerprint density at radius 3 is 2.43 bits per heavy atom. The summed E-state index contributed by atoms with van der Waals surface area (Å²) in [5.74, 6) is -2.16. The van der Waals surface area contributed by atoms with Crippen molar-refractivity contribution in [1.82, 2.24) is 0 Å². The number of hydrogen-bond acceptors (Lipinski definition) is 9. The lowest BCUT2D eigenvalue weighted by atomic mass is 9.55. The van der Waals surface area contributed by atoms with Gasteiger partial charge in [-0.3, -0.25) is 9.59 Å². The van der Waals surface area contributed by atoms with E-state index in [1.54, 1.807) is 25.1 Å². The summed E-state index contributed by atoms with van der Waals surface area (Å²) in [5.41, 5.74) is -5.51. The van der Waals surface area contributed by atoms with E-state index in [4.69, 9.17) is 18.9 Å². The van der Waals surface area contributed by atoms with Crippen molar-refractivity contribution in [3.8, 4) is 5.75 Å². The average molecular weight is 420 g/mol. The number of carbonyl (C=O) groups excluding carboxylic acids is 2. The summed E-state index contributed by atoms with van der Waals surface area (Å²) >= 11 is 0. The summed E-state index contributed by atoms with van der Waals surface area (Å²) in [7, 11) is 2.79. The zero-order valence-electron chi connectivity index (χ0n) is 17.0. The van der Waals surface area contributed by atoms with Gasteiger partial charge < -0.3 is 34.3 Å². The first-order valence-corrected chi connectivity index (χ1v) is 9.87. The van der Waals surface area contributed by atoms with Crippen LogP contribution in [0.15, 0.2) is 18.2 Å². The van der Waals surface area contributed by atoms with E-state index >= 15 is 0 Å². The summed E-state index contributed by atoms with van der Waals surface area (Å²) in [6.07, 6.45) is -5.79. The van der Waals surface area contributed by atoms with Gasteiger partial charge >= 0.3 is 0 Å². The van der Waals surface area contributed by atoms with Crippen LogP contribution in [0.1, 0.15) is 35.9 Å². The van der Waals surface area contributed by atoms with Gasteiger partial charge in [0.15, 0.2) is 22.6 Å². The number of epoxide rings is 2. The van der Waals surface area contributed by atoms with Crippen LogP contribution in [0.3, 0.4) is 0 Å². The van der Waals surface area contributed by atoms with Crippen molar-refractivity contribution in [2.75, 3.05) is 14.2 Å². The van der Waals surface area contributed by atoms with Gasteiger partial charge in [-0.15, -0.1) is 0 Å². The number of fused-ring (bicyclic) bond motifs is 1. The Hall–Kier alpha value is -1.88. The number of ketones is 2. The van der Waals surface area contributed by atoms with E-state index in [0.717, 1.165) is 0 Å². The Bertz CT molecular complexity index is 962. The Morgan fingerprint density at radius 2 is 1.87 bits per heavy atom. The van der Waals surface area contributed by atoms with Crippen molar-refractivity contribution in [2.24, 2.45) is 5.92 Å². The first-order valence-electron chi connectivity index (χ1n) is 9.87. The molecule has 1 aromatic rings. The number of rotatable bonds is 4. The molecule has 0 aromatic heterocycles. The molecule has 0 radical (unpaired) electrons. The van der Waals surface area contributed by atoms with Crippen molar-refractivity contribution in [3.05, 3.63) is 29.3 Å². The van der Waals surface area contributed by atoms with Crippen molar-refractivity contribution in [3.63, 3.8) is 0 Å². The molecule has 162 valence electrons. The highest BCUT2D eigenvalue weighted by Gasteiger charge is 2.92. The second-order valence-corrected chi connectivity index (χ2v) is 8.58. The maximum absolute atomic E-state index is 13.5. The molecule has 3 N–H and O–H groups in total. The van der Waals surface area contributed by atoms with Crippen LogP contribution >= 0.6 is 0 Å². The van der Waals surface area contributed by atoms with Gasteiger partial charge in [0.1, 0.15) is 24.1 Å². The molecule has 0 amide bonds.